The van der Waals surface area contributed by atoms with Crippen LogP contribution in [0, 0.1) is 5.92 Å². The number of hydrogen-bond donors (Lipinski definition) is 0. The summed E-state index contributed by atoms with van der Waals surface area (Å²) in [7, 11) is 0. The standard InChI is InChI=1S/C12H18N2O2S/c1-5-16-11(15)10-7-9(6-8(2)3)13-12(14-10)17-4/h7-8H,5-6H2,1-4H3. The molecule has 0 saturated heterocycles. The lowest BCUT2D eigenvalue weighted by Crippen LogP contribution is -2.10. The van der Waals surface area contributed by atoms with Crippen LogP contribution in [-0.2, 0) is 11.2 Å². The van der Waals surface area contributed by atoms with Crippen molar-refractivity contribution < 1.29 is 9.53 Å². The van der Waals surface area contributed by atoms with Gasteiger partial charge in [-0.25, -0.2) is 14.8 Å². The molecule has 4 nitrogen and oxygen atoms in total. The molecule has 0 saturated carbocycles. The molecule has 17 heavy (non-hydrogen) atoms. The van der Waals surface area contributed by atoms with E-state index in [9.17, 15) is 4.79 Å². The molecule has 5 heteroatoms. The highest BCUT2D eigenvalue weighted by molar-refractivity contribution is 7.98. The van der Waals surface area contributed by atoms with Crippen LogP contribution in [0.25, 0.3) is 0 Å². The maximum atomic E-state index is 11.6. The first-order chi connectivity index (χ1) is 8.06. The summed E-state index contributed by atoms with van der Waals surface area (Å²) in [6, 6.07) is 1.72. The maximum absolute atomic E-state index is 11.6. The fourth-order valence-electron chi connectivity index (χ4n) is 1.40. The molecule has 0 fully saturated rings. The Morgan fingerprint density at radius 2 is 2.18 bits per heavy atom. The number of hydrogen-bond acceptors (Lipinski definition) is 5. The average Bonchev–Trinajstić information content (AvgIpc) is 2.28. The Bertz CT molecular complexity index is 394. The van der Waals surface area contributed by atoms with Crippen LogP contribution in [0.1, 0.15) is 37.0 Å². The molecule has 94 valence electrons. The van der Waals surface area contributed by atoms with Gasteiger partial charge in [0.2, 0.25) is 0 Å². The molecule has 0 N–H and O–H groups in total. The van der Waals surface area contributed by atoms with Crippen molar-refractivity contribution in [2.75, 3.05) is 12.9 Å². The van der Waals surface area contributed by atoms with Gasteiger partial charge in [-0.3, -0.25) is 0 Å². The van der Waals surface area contributed by atoms with Crippen molar-refractivity contribution in [2.24, 2.45) is 5.92 Å². The monoisotopic (exact) mass is 254 g/mol. The second kappa shape index (κ2) is 6.59. The molecule has 1 aromatic heterocycles. The molecule has 0 bridgehead atoms. The number of thioether (sulfide) groups is 1. The van der Waals surface area contributed by atoms with E-state index in [4.69, 9.17) is 4.74 Å². The van der Waals surface area contributed by atoms with E-state index in [-0.39, 0.29) is 5.97 Å². The molecule has 1 heterocycles. The third-order valence-electron chi connectivity index (χ3n) is 2.04. The van der Waals surface area contributed by atoms with Crippen LogP contribution in [0.4, 0.5) is 0 Å². The molecule has 0 aliphatic heterocycles. The predicted molar refractivity (Wildman–Crippen MR) is 68.3 cm³/mol. The number of carbonyl (C=O) groups is 1. The smallest absolute Gasteiger partial charge is 0.357 e. The van der Waals surface area contributed by atoms with Crippen molar-refractivity contribution in [3.63, 3.8) is 0 Å². The minimum absolute atomic E-state index is 0.349. The number of ether oxygens (including phenoxy) is 1. The number of carbonyl (C=O) groups excluding carboxylic acids is 1. The molecule has 0 radical (unpaired) electrons. The summed E-state index contributed by atoms with van der Waals surface area (Å²) in [5.74, 6) is 0.116. The van der Waals surface area contributed by atoms with Crippen molar-refractivity contribution >= 4 is 17.7 Å². The number of rotatable bonds is 5. The summed E-state index contributed by atoms with van der Waals surface area (Å²) >= 11 is 1.43. The minimum atomic E-state index is -0.379. The Hall–Kier alpha value is -1.10. The van der Waals surface area contributed by atoms with Gasteiger partial charge in [-0.2, -0.15) is 0 Å². The van der Waals surface area contributed by atoms with Crippen LogP contribution in [0.5, 0.6) is 0 Å². The van der Waals surface area contributed by atoms with Crippen LogP contribution in [-0.4, -0.2) is 28.8 Å². The van der Waals surface area contributed by atoms with Crippen LogP contribution < -0.4 is 0 Å². The summed E-state index contributed by atoms with van der Waals surface area (Å²) in [5, 5.41) is 0.617. The fourth-order valence-corrected chi connectivity index (χ4v) is 1.80. The van der Waals surface area contributed by atoms with Crippen molar-refractivity contribution in [3.8, 4) is 0 Å². The summed E-state index contributed by atoms with van der Waals surface area (Å²) in [6.45, 7) is 6.37. The summed E-state index contributed by atoms with van der Waals surface area (Å²) in [6.07, 6.45) is 2.73. The summed E-state index contributed by atoms with van der Waals surface area (Å²) < 4.78 is 4.95. The highest BCUT2D eigenvalue weighted by atomic mass is 32.2. The minimum Gasteiger partial charge on any atom is -0.461 e. The molecular formula is C12H18N2O2S. The van der Waals surface area contributed by atoms with Crippen LogP contribution >= 0.6 is 11.8 Å². The van der Waals surface area contributed by atoms with Gasteiger partial charge in [0.05, 0.1) is 6.61 Å². The summed E-state index contributed by atoms with van der Waals surface area (Å²) in [5.41, 5.74) is 1.24. The average molecular weight is 254 g/mol. The van der Waals surface area contributed by atoms with E-state index in [0.717, 1.165) is 12.1 Å². The first-order valence-corrected chi connectivity index (χ1v) is 6.88. The predicted octanol–water partition coefficient (Wildman–Crippen LogP) is 2.57. The van der Waals surface area contributed by atoms with Gasteiger partial charge >= 0.3 is 5.97 Å². The lowest BCUT2D eigenvalue weighted by molar-refractivity contribution is 0.0518. The van der Waals surface area contributed by atoms with Gasteiger partial charge in [-0.05, 0) is 31.6 Å². The molecule has 0 amide bonds. The Morgan fingerprint density at radius 3 is 2.71 bits per heavy atom. The zero-order valence-electron chi connectivity index (χ0n) is 10.7. The Kier molecular flexibility index (Phi) is 5.41. The molecule has 0 aliphatic carbocycles. The lowest BCUT2D eigenvalue weighted by Gasteiger charge is -2.08. The van der Waals surface area contributed by atoms with Gasteiger partial charge in [-0.1, -0.05) is 25.6 Å². The quantitative estimate of drug-likeness (QED) is 0.459. The molecular weight excluding hydrogens is 236 g/mol. The van der Waals surface area contributed by atoms with E-state index in [1.54, 1.807) is 13.0 Å². The second-order valence-corrected chi connectivity index (χ2v) is 4.82. The number of nitrogens with zero attached hydrogens (tertiary/aromatic N) is 2. The molecule has 0 spiro atoms. The van der Waals surface area contributed by atoms with Crippen LogP contribution in [0.3, 0.4) is 0 Å². The van der Waals surface area contributed by atoms with Crippen molar-refractivity contribution in [1.29, 1.82) is 0 Å². The van der Waals surface area contributed by atoms with E-state index in [2.05, 4.69) is 23.8 Å². The van der Waals surface area contributed by atoms with Gasteiger partial charge in [0.1, 0.15) is 0 Å². The first kappa shape index (κ1) is 14.0. The van der Waals surface area contributed by atoms with Crippen LogP contribution in [0.2, 0.25) is 0 Å². The van der Waals surface area contributed by atoms with Crippen molar-refractivity contribution in [2.45, 2.75) is 32.3 Å². The Labute approximate surface area is 106 Å². The third-order valence-corrected chi connectivity index (χ3v) is 2.59. The zero-order valence-corrected chi connectivity index (χ0v) is 11.5. The highest BCUT2D eigenvalue weighted by Gasteiger charge is 2.13. The Morgan fingerprint density at radius 1 is 1.47 bits per heavy atom. The summed E-state index contributed by atoms with van der Waals surface area (Å²) in [4.78, 5) is 20.2. The molecule has 0 atom stereocenters. The largest absolute Gasteiger partial charge is 0.461 e. The van der Waals surface area contributed by atoms with E-state index < -0.39 is 0 Å². The molecule has 0 aromatic carbocycles. The molecule has 1 rings (SSSR count). The normalized spacial score (nSPS) is 10.6. The molecule has 0 aliphatic rings. The highest BCUT2D eigenvalue weighted by Crippen LogP contribution is 2.14. The number of aromatic nitrogens is 2. The van der Waals surface area contributed by atoms with E-state index in [1.165, 1.54) is 11.8 Å². The maximum Gasteiger partial charge on any atom is 0.357 e. The van der Waals surface area contributed by atoms with E-state index in [0.29, 0.717) is 23.4 Å². The van der Waals surface area contributed by atoms with E-state index >= 15 is 0 Å². The third kappa shape index (κ3) is 4.34. The van der Waals surface area contributed by atoms with Gasteiger partial charge < -0.3 is 4.74 Å². The lowest BCUT2D eigenvalue weighted by atomic mass is 10.1. The van der Waals surface area contributed by atoms with Gasteiger partial charge in [0.25, 0.3) is 0 Å². The Balaban J connectivity index is 3.00. The zero-order chi connectivity index (χ0) is 12.8. The van der Waals surface area contributed by atoms with Crippen molar-refractivity contribution in [3.05, 3.63) is 17.5 Å². The second-order valence-electron chi connectivity index (χ2n) is 4.05. The van der Waals surface area contributed by atoms with E-state index in [1.807, 2.05) is 6.26 Å². The molecule has 0 unspecified atom stereocenters. The van der Waals surface area contributed by atoms with Gasteiger partial charge in [0, 0.05) is 5.69 Å². The van der Waals surface area contributed by atoms with Crippen molar-refractivity contribution in [1.82, 2.24) is 9.97 Å². The molecule has 1 aromatic rings. The topological polar surface area (TPSA) is 52.1 Å². The van der Waals surface area contributed by atoms with Gasteiger partial charge in [-0.15, -0.1) is 0 Å². The number of esters is 1. The SMILES string of the molecule is CCOC(=O)c1cc(CC(C)C)nc(SC)n1. The van der Waals surface area contributed by atoms with Crippen LogP contribution in [0.15, 0.2) is 11.2 Å². The first-order valence-electron chi connectivity index (χ1n) is 5.65. The van der Waals surface area contributed by atoms with Gasteiger partial charge in [0.15, 0.2) is 10.9 Å². The fraction of sp³-hybridized carbons (Fsp3) is 0.583.